The van der Waals surface area contributed by atoms with Gasteiger partial charge in [-0.25, -0.2) is 0 Å². The largest absolute Gasteiger partial charge is 0.496 e. The van der Waals surface area contributed by atoms with Gasteiger partial charge in [-0.05, 0) is 16.8 Å². The van der Waals surface area contributed by atoms with Gasteiger partial charge in [0.2, 0.25) is 0 Å². The van der Waals surface area contributed by atoms with Gasteiger partial charge in [-0.2, -0.15) is 0 Å². The molecule has 1 N–H and O–H groups in total. The lowest BCUT2D eigenvalue weighted by molar-refractivity contribution is 0.417. The van der Waals surface area contributed by atoms with E-state index in [0.717, 1.165) is 27.8 Å². The van der Waals surface area contributed by atoms with Gasteiger partial charge in [0.25, 0.3) is 5.56 Å². The van der Waals surface area contributed by atoms with E-state index in [1.54, 1.807) is 20.2 Å². The van der Waals surface area contributed by atoms with Crippen LogP contribution in [0.15, 0.2) is 47.3 Å². The highest BCUT2D eigenvalue weighted by atomic mass is 16.5. The zero-order chi connectivity index (χ0) is 13.4. The van der Waals surface area contributed by atoms with E-state index in [1.807, 2.05) is 36.4 Å². The predicted octanol–water partition coefficient (Wildman–Crippen LogP) is 2.54. The van der Waals surface area contributed by atoms with Gasteiger partial charge in [-0.3, -0.25) is 14.6 Å². The van der Waals surface area contributed by atoms with Crippen molar-refractivity contribution in [1.29, 1.82) is 0 Å². The SMILES string of the molecule is COc1ccc2ccccc2c1-c1cc(=O)n(C)[nH]1. The van der Waals surface area contributed by atoms with Crippen molar-refractivity contribution >= 4 is 10.8 Å². The molecule has 3 rings (SSSR count). The molecule has 0 unspecified atom stereocenters. The number of aromatic amines is 1. The van der Waals surface area contributed by atoms with E-state index in [1.165, 1.54) is 4.68 Å². The van der Waals surface area contributed by atoms with Gasteiger partial charge in [0.05, 0.1) is 12.8 Å². The topological polar surface area (TPSA) is 47.0 Å². The molecule has 0 aliphatic carbocycles. The van der Waals surface area contributed by atoms with Crippen molar-refractivity contribution in [3.63, 3.8) is 0 Å². The first kappa shape index (κ1) is 11.6. The maximum absolute atomic E-state index is 11.6. The van der Waals surface area contributed by atoms with E-state index in [9.17, 15) is 4.79 Å². The Bertz CT molecular complexity index is 799. The zero-order valence-corrected chi connectivity index (χ0v) is 10.8. The minimum atomic E-state index is -0.0648. The van der Waals surface area contributed by atoms with Crippen LogP contribution in [0.2, 0.25) is 0 Å². The highest BCUT2D eigenvalue weighted by Crippen LogP contribution is 2.35. The molecule has 0 atom stereocenters. The normalized spacial score (nSPS) is 10.8. The van der Waals surface area contributed by atoms with E-state index in [-0.39, 0.29) is 5.56 Å². The number of benzene rings is 2. The maximum atomic E-state index is 11.6. The monoisotopic (exact) mass is 254 g/mol. The lowest BCUT2D eigenvalue weighted by Crippen LogP contribution is -2.09. The molecule has 0 bridgehead atoms. The summed E-state index contributed by atoms with van der Waals surface area (Å²) in [5.41, 5.74) is 1.62. The minimum absolute atomic E-state index is 0.0648. The Morgan fingerprint density at radius 2 is 1.95 bits per heavy atom. The molecule has 0 saturated heterocycles. The summed E-state index contributed by atoms with van der Waals surface area (Å²) in [7, 11) is 3.33. The number of aryl methyl sites for hydroxylation is 1. The van der Waals surface area contributed by atoms with Gasteiger partial charge >= 0.3 is 0 Å². The Balaban J connectivity index is 2.40. The third kappa shape index (κ3) is 1.81. The van der Waals surface area contributed by atoms with Gasteiger partial charge in [0.15, 0.2) is 0 Å². The van der Waals surface area contributed by atoms with Crippen LogP contribution in [0, 0.1) is 0 Å². The van der Waals surface area contributed by atoms with E-state index in [4.69, 9.17) is 4.74 Å². The Morgan fingerprint density at radius 1 is 1.16 bits per heavy atom. The van der Waals surface area contributed by atoms with Gasteiger partial charge in [-0.1, -0.05) is 30.3 Å². The standard InChI is InChI=1S/C15H14N2O2/c1-17-14(18)9-12(16-17)15-11-6-4-3-5-10(11)7-8-13(15)19-2/h3-9,16H,1-2H3. The molecule has 19 heavy (non-hydrogen) atoms. The number of methoxy groups -OCH3 is 1. The molecule has 4 heteroatoms. The minimum Gasteiger partial charge on any atom is -0.496 e. The zero-order valence-electron chi connectivity index (χ0n) is 10.8. The Kier molecular flexibility index (Phi) is 2.63. The number of aromatic nitrogens is 2. The number of nitrogens with one attached hydrogen (secondary N) is 1. The summed E-state index contributed by atoms with van der Waals surface area (Å²) in [6.07, 6.45) is 0. The summed E-state index contributed by atoms with van der Waals surface area (Å²) >= 11 is 0. The number of nitrogens with zero attached hydrogens (tertiary/aromatic N) is 1. The first-order valence-corrected chi connectivity index (χ1v) is 6.03. The molecular weight excluding hydrogens is 240 g/mol. The van der Waals surface area contributed by atoms with Crippen molar-refractivity contribution in [2.45, 2.75) is 0 Å². The van der Waals surface area contributed by atoms with Crippen LogP contribution in [-0.2, 0) is 7.05 Å². The molecule has 2 aromatic carbocycles. The van der Waals surface area contributed by atoms with Crippen molar-refractivity contribution in [1.82, 2.24) is 9.78 Å². The summed E-state index contributed by atoms with van der Waals surface area (Å²) in [5.74, 6) is 0.751. The molecule has 96 valence electrons. The van der Waals surface area contributed by atoms with Crippen LogP contribution in [0.1, 0.15) is 0 Å². The third-order valence-corrected chi connectivity index (χ3v) is 3.27. The van der Waals surface area contributed by atoms with E-state index < -0.39 is 0 Å². The smallest absolute Gasteiger partial charge is 0.266 e. The number of fused-ring (bicyclic) bond motifs is 1. The van der Waals surface area contributed by atoms with Crippen molar-refractivity contribution in [2.24, 2.45) is 7.05 Å². The summed E-state index contributed by atoms with van der Waals surface area (Å²) in [6.45, 7) is 0. The molecular formula is C15H14N2O2. The van der Waals surface area contributed by atoms with Crippen molar-refractivity contribution < 1.29 is 4.74 Å². The molecule has 0 spiro atoms. The fourth-order valence-corrected chi connectivity index (χ4v) is 2.32. The summed E-state index contributed by atoms with van der Waals surface area (Å²) in [6, 6.07) is 13.6. The molecule has 0 aliphatic heterocycles. The molecule has 0 aliphatic rings. The van der Waals surface area contributed by atoms with Gasteiger partial charge < -0.3 is 4.74 Å². The number of hydrogen-bond acceptors (Lipinski definition) is 2. The predicted molar refractivity (Wildman–Crippen MR) is 75.5 cm³/mol. The molecule has 0 radical (unpaired) electrons. The first-order chi connectivity index (χ1) is 9.20. The first-order valence-electron chi connectivity index (χ1n) is 6.03. The van der Waals surface area contributed by atoms with Crippen LogP contribution in [-0.4, -0.2) is 16.9 Å². The highest BCUT2D eigenvalue weighted by Gasteiger charge is 2.13. The number of rotatable bonds is 2. The molecule has 3 aromatic rings. The highest BCUT2D eigenvalue weighted by molar-refractivity contribution is 5.98. The summed E-state index contributed by atoms with van der Waals surface area (Å²) in [5, 5.41) is 5.22. The van der Waals surface area contributed by atoms with Gasteiger partial charge in [0, 0.05) is 18.7 Å². The lowest BCUT2D eigenvalue weighted by atomic mass is 10.0. The third-order valence-electron chi connectivity index (χ3n) is 3.27. The van der Waals surface area contributed by atoms with E-state index >= 15 is 0 Å². The molecule has 0 saturated carbocycles. The van der Waals surface area contributed by atoms with Gasteiger partial charge in [-0.15, -0.1) is 0 Å². The van der Waals surface area contributed by atoms with Crippen molar-refractivity contribution in [3.05, 3.63) is 52.8 Å². The fourth-order valence-electron chi connectivity index (χ4n) is 2.32. The average molecular weight is 254 g/mol. The maximum Gasteiger partial charge on any atom is 0.266 e. The Hall–Kier alpha value is -2.49. The van der Waals surface area contributed by atoms with Gasteiger partial charge in [0.1, 0.15) is 5.75 Å². The second kappa shape index (κ2) is 4.31. The fraction of sp³-hybridized carbons (Fsp3) is 0.133. The molecule has 4 nitrogen and oxygen atoms in total. The van der Waals surface area contributed by atoms with Crippen LogP contribution in [0.25, 0.3) is 22.0 Å². The second-order valence-corrected chi connectivity index (χ2v) is 4.43. The lowest BCUT2D eigenvalue weighted by Gasteiger charge is -2.10. The molecule has 1 heterocycles. The van der Waals surface area contributed by atoms with E-state index in [0.29, 0.717) is 0 Å². The molecule has 1 aromatic heterocycles. The summed E-state index contributed by atoms with van der Waals surface area (Å²) in [4.78, 5) is 11.6. The van der Waals surface area contributed by atoms with Crippen LogP contribution in [0.5, 0.6) is 5.75 Å². The second-order valence-electron chi connectivity index (χ2n) is 4.43. The van der Waals surface area contributed by atoms with Crippen LogP contribution in [0.3, 0.4) is 0 Å². The van der Waals surface area contributed by atoms with Crippen molar-refractivity contribution in [2.75, 3.05) is 7.11 Å². The number of H-pyrrole nitrogens is 1. The molecule has 0 fully saturated rings. The van der Waals surface area contributed by atoms with Crippen molar-refractivity contribution in [3.8, 4) is 17.0 Å². The Morgan fingerprint density at radius 3 is 2.63 bits per heavy atom. The molecule has 0 amide bonds. The quantitative estimate of drug-likeness (QED) is 0.764. The number of hydrogen-bond donors (Lipinski definition) is 1. The van der Waals surface area contributed by atoms with Crippen LogP contribution < -0.4 is 10.3 Å². The van der Waals surface area contributed by atoms with Crippen LogP contribution >= 0.6 is 0 Å². The number of ether oxygens (including phenoxy) is 1. The average Bonchev–Trinajstić information content (AvgIpc) is 2.77. The van der Waals surface area contributed by atoms with Crippen LogP contribution in [0.4, 0.5) is 0 Å². The summed E-state index contributed by atoms with van der Waals surface area (Å²) < 4.78 is 6.88. The Labute approximate surface area is 110 Å². The van der Waals surface area contributed by atoms with E-state index in [2.05, 4.69) is 5.10 Å².